The number of amides is 3. The number of phenols is 1. The summed E-state index contributed by atoms with van der Waals surface area (Å²) in [5, 5.41) is 32.1. The predicted octanol–water partition coefficient (Wildman–Crippen LogP) is 6.44. The average molecular weight is 692 g/mol. The van der Waals surface area contributed by atoms with Gasteiger partial charge in [0.15, 0.2) is 0 Å². The van der Waals surface area contributed by atoms with Crippen LogP contribution >= 0.6 is 0 Å². The maximum atomic E-state index is 13.0. The molecule has 266 valence electrons. The molecule has 4 aromatic rings. The Morgan fingerprint density at radius 1 is 0.961 bits per heavy atom. The van der Waals surface area contributed by atoms with E-state index < -0.39 is 12.2 Å². The fourth-order valence-electron chi connectivity index (χ4n) is 6.14. The van der Waals surface area contributed by atoms with Crippen LogP contribution in [-0.2, 0) is 20.9 Å². The van der Waals surface area contributed by atoms with E-state index in [0.717, 1.165) is 40.9 Å². The van der Waals surface area contributed by atoms with E-state index in [1.807, 2.05) is 73.7 Å². The van der Waals surface area contributed by atoms with Gasteiger partial charge in [0, 0.05) is 50.4 Å². The quantitative estimate of drug-likeness (QED) is 0.0615. The van der Waals surface area contributed by atoms with E-state index in [2.05, 4.69) is 32.7 Å². The molecule has 1 saturated heterocycles. The highest BCUT2D eigenvalue weighted by Gasteiger charge is 2.23. The van der Waals surface area contributed by atoms with Crippen molar-refractivity contribution in [2.45, 2.75) is 44.9 Å². The number of phenolic OH excluding ortho intramolecular Hbond substituents is 1. The van der Waals surface area contributed by atoms with Crippen LogP contribution in [0.3, 0.4) is 0 Å². The molecule has 1 aliphatic rings. The highest BCUT2D eigenvalue weighted by Crippen LogP contribution is 2.29. The third-order valence-electron chi connectivity index (χ3n) is 8.97. The number of nitrogens with one attached hydrogen (secondary N) is 4. The fraction of sp³-hybridized carbons (Fsp3) is 0.275. The van der Waals surface area contributed by atoms with Crippen LogP contribution in [0.25, 0.3) is 17.2 Å². The molecular weight excluding hydrogens is 646 g/mol. The van der Waals surface area contributed by atoms with Gasteiger partial charge in [0.1, 0.15) is 11.9 Å². The van der Waals surface area contributed by atoms with E-state index >= 15 is 0 Å². The van der Waals surface area contributed by atoms with Crippen molar-refractivity contribution in [2.24, 2.45) is 0 Å². The number of para-hydroxylation sites is 1. The largest absolute Gasteiger partial charge is 0.506 e. The number of carbonyl (C=O) groups excluding carboxylic acids is 3. The SMILES string of the molecule is C=Cc1cc(NC(=O)CCN2CCC(OC(=O)Nc3ccccc3-c3ccccc3)CC2)c(C)cc1CNC[C@H](O)c1ccc(O)c(NC=O)c1. The molecule has 11 nitrogen and oxygen atoms in total. The number of nitrogens with zero attached hydrogens (tertiary/aromatic N) is 1. The third-order valence-corrected chi connectivity index (χ3v) is 8.97. The zero-order chi connectivity index (χ0) is 36.2. The van der Waals surface area contributed by atoms with Crippen molar-refractivity contribution >= 4 is 41.5 Å². The van der Waals surface area contributed by atoms with Crippen LogP contribution in [0.4, 0.5) is 21.9 Å². The summed E-state index contributed by atoms with van der Waals surface area (Å²) in [6, 6.07) is 26.0. The van der Waals surface area contributed by atoms with Crippen molar-refractivity contribution in [3.05, 3.63) is 114 Å². The molecule has 0 spiro atoms. The molecule has 0 saturated carbocycles. The first-order valence-corrected chi connectivity index (χ1v) is 17.1. The number of hydrogen-bond donors (Lipinski definition) is 6. The Morgan fingerprint density at radius 2 is 1.71 bits per heavy atom. The van der Waals surface area contributed by atoms with Gasteiger partial charge in [-0.25, -0.2) is 4.79 Å². The van der Waals surface area contributed by atoms with Gasteiger partial charge in [-0.15, -0.1) is 0 Å². The number of aromatic hydroxyl groups is 1. The fourth-order valence-corrected chi connectivity index (χ4v) is 6.14. The number of hydrogen-bond acceptors (Lipinski definition) is 8. The smallest absolute Gasteiger partial charge is 0.411 e. The van der Waals surface area contributed by atoms with Crippen LogP contribution in [0.2, 0.25) is 0 Å². The Kier molecular flexibility index (Phi) is 12.9. The molecule has 1 heterocycles. The van der Waals surface area contributed by atoms with Crippen molar-refractivity contribution in [3.8, 4) is 16.9 Å². The van der Waals surface area contributed by atoms with E-state index in [4.69, 9.17) is 4.74 Å². The van der Waals surface area contributed by atoms with E-state index in [0.29, 0.717) is 55.7 Å². The molecule has 5 rings (SSSR count). The van der Waals surface area contributed by atoms with Gasteiger partial charge >= 0.3 is 6.09 Å². The number of likely N-dealkylation sites (tertiary alicyclic amines) is 1. The second-order valence-corrected chi connectivity index (χ2v) is 12.5. The number of aryl methyl sites for hydroxylation is 1. The van der Waals surface area contributed by atoms with Crippen molar-refractivity contribution in [1.29, 1.82) is 0 Å². The molecule has 0 unspecified atom stereocenters. The minimum Gasteiger partial charge on any atom is -0.506 e. The highest BCUT2D eigenvalue weighted by molar-refractivity contribution is 5.92. The molecule has 6 N–H and O–H groups in total. The molecule has 11 heteroatoms. The number of anilines is 3. The first-order chi connectivity index (χ1) is 24.7. The van der Waals surface area contributed by atoms with Gasteiger partial charge in [0.05, 0.1) is 17.5 Å². The van der Waals surface area contributed by atoms with Crippen LogP contribution in [0, 0.1) is 6.92 Å². The van der Waals surface area contributed by atoms with Gasteiger partial charge in [0.25, 0.3) is 0 Å². The normalized spacial score (nSPS) is 13.9. The van der Waals surface area contributed by atoms with Gasteiger partial charge in [-0.2, -0.15) is 0 Å². The molecule has 0 aliphatic carbocycles. The maximum absolute atomic E-state index is 13.0. The molecule has 0 bridgehead atoms. The zero-order valence-electron chi connectivity index (χ0n) is 28.7. The van der Waals surface area contributed by atoms with Crippen LogP contribution in [0.5, 0.6) is 5.75 Å². The molecule has 0 aromatic heterocycles. The summed E-state index contributed by atoms with van der Waals surface area (Å²) in [7, 11) is 0. The predicted molar refractivity (Wildman–Crippen MR) is 200 cm³/mol. The van der Waals surface area contributed by atoms with Crippen molar-refractivity contribution < 1.29 is 29.3 Å². The van der Waals surface area contributed by atoms with E-state index in [-0.39, 0.29) is 30.0 Å². The number of aliphatic hydroxyl groups is 1. The Morgan fingerprint density at radius 3 is 2.45 bits per heavy atom. The van der Waals surface area contributed by atoms with Gasteiger partial charge in [-0.05, 0) is 71.8 Å². The molecule has 1 atom stereocenters. The lowest BCUT2D eigenvalue weighted by atomic mass is 10.0. The van der Waals surface area contributed by atoms with Gasteiger partial charge in [0.2, 0.25) is 12.3 Å². The summed E-state index contributed by atoms with van der Waals surface area (Å²) >= 11 is 0. The van der Waals surface area contributed by atoms with Crippen LogP contribution in [0.15, 0.2) is 91.5 Å². The lowest BCUT2D eigenvalue weighted by Gasteiger charge is -2.31. The van der Waals surface area contributed by atoms with E-state index in [9.17, 15) is 24.6 Å². The Balaban J connectivity index is 1.04. The van der Waals surface area contributed by atoms with Crippen molar-refractivity contribution in [2.75, 3.05) is 42.1 Å². The second-order valence-electron chi connectivity index (χ2n) is 12.5. The highest BCUT2D eigenvalue weighted by atomic mass is 16.6. The summed E-state index contributed by atoms with van der Waals surface area (Å²) < 4.78 is 5.75. The van der Waals surface area contributed by atoms with E-state index in [1.165, 1.54) is 12.1 Å². The topological polar surface area (TPSA) is 152 Å². The molecule has 1 fully saturated rings. The first-order valence-electron chi connectivity index (χ1n) is 17.1. The van der Waals surface area contributed by atoms with Gasteiger partial charge < -0.3 is 35.8 Å². The number of rotatable bonds is 15. The zero-order valence-corrected chi connectivity index (χ0v) is 28.7. The Hall–Kier alpha value is -5.49. The molecular formula is C40H45N5O6. The lowest BCUT2D eigenvalue weighted by Crippen LogP contribution is -2.39. The molecule has 0 radical (unpaired) electrons. The van der Waals surface area contributed by atoms with Crippen LogP contribution in [0.1, 0.15) is 47.6 Å². The molecule has 1 aliphatic heterocycles. The molecule has 3 amide bonds. The number of ether oxygens (including phenoxy) is 1. The molecule has 51 heavy (non-hydrogen) atoms. The summed E-state index contributed by atoms with van der Waals surface area (Å²) in [5.41, 5.74) is 6.84. The minimum atomic E-state index is -0.865. The number of piperidine rings is 1. The summed E-state index contributed by atoms with van der Waals surface area (Å²) in [6.07, 6.45) is 2.38. The maximum Gasteiger partial charge on any atom is 0.411 e. The van der Waals surface area contributed by atoms with Crippen molar-refractivity contribution in [1.82, 2.24) is 10.2 Å². The molecule has 4 aromatic carbocycles. The average Bonchev–Trinajstić information content (AvgIpc) is 3.14. The first kappa shape index (κ1) is 36.8. The number of aliphatic hydroxyl groups excluding tert-OH is 1. The Labute approximate surface area is 298 Å². The van der Waals surface area contributed by atoms with Crippen LogP contribution < -0.4 is 21.3 Å². The third kappa shape index (κ3) is 10.3. The van der Waals surface area contributed by atoms with Crippen molar-refractivity contribution in [3.63, 3.8) is 0 Å². The number of carbonyl (C=O) groups is 3. The van der Waals surface area contributed by atoms with Gasteiger partial charge in [-0.1, -0.05) is 73.3 Å². The van der Waals surface area contributed by atoms with Gasteiger partial charge in [-0.3, -0.25) is 14.9 Å². The summed E-state index contributed by atoms with van der Waals surface area (Å²) in [6.45, 7) is 8.61. The standard InChI is InChI=1S/C40H45N5O6/c1-3-28-22-35(27(2)21-31(28)24-41-25-38(48)30-13-14-37(47)36(23-30)42-26-46)43-39(49)17-20-45-18-15-32(16-19-45)51-40(50)44-34-12-8-7-11-33(34)29-9-5-4-6-10-29/h3-14,21-23,26,32,38,41,47-48H,1,15-20,24-25H2,2H3,(H,42,46)(H,43,49)(H,44,50)/t38-/m0/s1. The number of benzene rings is 4. The Bertz CT molecular complexity index is 1820. The van der Waals surface area contributed by atoms with E-state index in [1.54, 1.807) is 12.1 Å². The summed E-state index contributed by atoms with van der Waals surface area (Å²) in [5.74, 6) is -0.172. The minimum absolute atomic E-state index is 0.0836. The van der Waals surface area contributed by atoms with Crippen LogP contribution in [-0.4, -0.2) is 65.8 Å². The summed E-state index contributed by atoms with van der Waals surface area (Å²) in [4.78, 5) is 38.7. The second kappa shape index (κ2) is 18.0. The lowest BCUT2D eigenvalue weighted by molar-refractivity contribution is -0.116. The monoisotopic (exact) mass is 691 g/mol.